The lowest BCUT2D eigenvalue weighted by Crippen LogP contribution is -2.27. The molecule has 0 radical (unpaired) electrons. The van der Waals surface area contributed by atoms with Crippen LogP contribution in [-0.2, 0) is 27.9 Å². The first-order valence-electron chi connectivity index (χ1n) is 19.5. The number of hydrogen-bond acceptors (Lipinski definition) is 7. The van der Waals surface area contributed by atoms with Crippen LogP contribution in [0.4, 0.5) is 0 Å². The van der Waals surface area contributed by atoms with Gasteiger partial charge >= 0.3 is 13.8 Å². The number of ether oxygens (including phenoxy) is 2. The summed E-state index contributed by atoms with van der Waals surface area (Å²) in [5, 5.41) is 0. The van der Waals surface area contributed by atoms with Crippen molar-refractivity contribution in [2.75, 3.05) is 26.4 Å². The summed E-state index contributed by atoms with van der Waals surface area (Å²) in [4.78, 5) is 22.4. The second-order valence-corrected chi connectivity index (χ2v) is 14.3. The van der Waals surface area contributed by atoms with Crippen molar-refractivity contribution in [3.63, 3.8) is 0 Å². The normalized spacial score (nSPS) is 13.9. The Bertz CT molecular complexity index is 833. The molecule has 0 aromatic carbocycles. The van der Waals surface area contributed by atoms with Crippen molar-refractivity contribution in [2.24, 2.45) is 5.73 Å². The quantitative estimate of drug-likeness (QED) is 0.0216. The fraction of sp³-hybridized carbons (Fsp3) is 0.821. The Balaban J connectivity index is 4.16. The van der Waals surface area contributed by atoms with Crippen molar-refractivity contribution in [3.05, 3.63) is 36.6 Å². The predicted octanol–water partition coefficient (Wildman–Crippen LogP) is 11.4. The van der Waals surface area contributed by atoms with Crippen molar-refractivity contribution in [1.29, 1.82) is 0 Å². The summed E-state index contributed by atoms with van der Waals surface area (Å²) in [5.74, 6) is -0.367. The minimum atomic E-state index is -4.29. The molecule has 0 aromatic rings. The van der Waals surface area contributed by atoms with E-state index in [-0.39, 0.29) is 38.8 Å². The second-order valence-electron chi connectivity index (χ2n) is 12.9. The van der Waals surface area contributed by atoms with Gasteiger partial charge in [0, 0.05) is 13.0 Å². The van der Waals surface area contributed by atoms with Crippen LogP contribution in [0.25, 0.3) is 0 Å². The topological polar surface area (TPSA) is 117 Å². The van der Waals surface area contributed by atoms with Gasteiger partial charge in [-0.3, -0.25) is 13.8 Å². The van der Waals surface area contributed by atoms with Gasteiger partial charge in [0.1, 0.15) is 6.61 Å². The first-order chi connectivity index (χ1) is 23.4. The fourth-order valence-corrected chi connectivity index (χ4v) is 5.99. The molecule has 0 aromatic heterocycles. The molecule has 8 nitrogen and oxygen atoms in total. The highest BCUT2D eigenvalue weighted by atomic mass is 31.2. The maximum Gasteiger partial charge on any atom is 0.472 e. The number of carbonyl (C=O) groups excluding carboxylic acids is 1. The van der Waals surface area contributed by atoms with Crippen LogP contribution in [0.2, 0.25) is 0 Å². The average molecular weight is 700 g/mol. The van der Waals surface area contributed by atoms with E-state index in [9.17, 15) is 14.3 Å². The van der Waals surface area contributed by atoms with E-state index in [1.54, 1.807) is 6.26 Å². The number of allylic oxidation sites excluding steroid dienone is 5. The van der Waals surface area contributed by atoms with Gasteiger partial charge in [-0.1, -0.05) is 141 Å². The van der Waals surface area contributed by atoms with Crippen molar-refractivity contribution in [2.45, 2.75) is 180 Å². The molecule has 0 aliphatic rings. The maximum atomic E-state index is 12.5. The molecule has 0 aliphatic carbocycles. The number of phosphoric ester groups is 1. The van der Waals surface area contributed by atoms with Gasteiger partial charge in [0.2, 0.25) is 0 Å². The van der Waals surface area contributed by atoms with E-state index in [0.29, 0.717) is 0 Å². The van der Waals surface area contributed by atoms with Gasteiger partial charge in [0.05, 0.1) is 19.5 Å². The molecule has 0 rings (SSSR count). The molecule has 0 aliphatic heterocycles. The molecule has 2 atom stereocenters. The highest BCUT2D eigenvalue weighted by Crippen LogP contribution is 2.43. The molecule has 0 saturated heterocycles. The smallest absolute Gasteiger partial charge is 0.472 e. The van der Waals surface area contributed by atoms with Gasteiger partial charge in [0.15, 0.2) is 6.10 Å². The van der Waals surface area contributed by atoms with Crippen LogP contribution >= 0.6 is 7.82 Å². The van der Waals surface area contributed by atoms with Gasteiger partial charge in [-0.25, -0.2) is 4.57 Å². The number of nitrogens with two attached hydrogens (primary N) is 1. The Morgan fingerprint density at radius 3 is 1.69 bits per heavy atom. The van der Waals surface area contributed by atoms with Crippen LogP contribution < -0.4 is 5.73 Å². The van der Waals surface area contributed by atoms with Crippen LogP contribution in [0.15, 0.2) is 36.6 Å². The van der Waals surface area contributed by atoms with Gasteiger partial charge in [-0.05, 0) is 57.4 Å². The van der Waals surface area contributed by atoms with E-state index < -0.39 is 13.9 Å². The number of esters is 1. The molecule has 0 saturated carbocycles. The molecule has 282 valence electrons. The molecule has 0 amide bonds. The predicted molar refractivity (Wildman–Crippen MR) is 201 cm³/mol. The van der Waals surface area contributed by atoms with E-state index >= 15 is 0 Å². The monoisotopic (exact) mass is 700 g/mol. The second kappa shape index (κ2) is 36.8. The third-order valence-corrected chi connectivity index (χ3v) is 9.11. The van der Waals surface area contributed by atoms with Crippen LogP contribution in [-0.4, -0.2) is 43.3 Å². The van der Waals surface area contributed by atoms with Gasteiger partial charge in [-0.15, -0.1) is 0 Å². The van der Waals surface area contributed by atoms with Crippen molar-refractivity contribution >= 4 is 13.8 Å². The third-order valence-electron chi connectivity index (χ3n) is 8.12. The molecule has 0 heterocycles. The molecule has 0 fully saturated rings. The summed E-state index contributed by atoms with van der Waals surface area (Å²) in [6, 6.07) is 0. The zero-order valence-corrected chi connectivity index (χ0v) is 31.9. The number of hydrogen-bond donors (Lipinski definition) is 2. The summed E-state index contributed by atoms with van der Waals surface area (Å²) < 4.78 is 33.1. The fourth-order valence-electron chi connectivity index (χ4n) is 5.23. The Hall–Kier alpha value is -1.44. The molecular formula is C39H74NO7P. The third kappa shape index (κ3) is 35.9. The van der Waals surface area contributed by atoms with Crippen LogP contribution in [0.1, 0.15) is 174 Å². The van der Waals surface area contributed by atoms with E-state index in [2.05, 4.69) is 38.2 Å². The number of rotatable bonds is 37. The number of unbranched alkanes of at least 4 members (excludes halogenated alkanes) is 20. The van der Waals surface area contributed by atoms with Crippen LogP contribution in [0.5, 0.6) is 0 Å². The van der Waals surface area contributed by atoms with Crippen molar-refractivity contribution in [3.8, 4) is 0 Å². The lowest BCUT2D eigenvalue weighted by Gasteiger charge is -2.19. The van der Waals surface area contributed by atoms with E-state index in [1.165, 1.54) is 96.3 Å². The Kier molecular flexibility index (Phi) is 35.7. The van der Waals surface area contributed by atoms with Crippen molar-refractivity contribution in [1.82, 2.24) is 0 Å². The van der Waals surface area contributed by atoms with Gasteiger partial charge in [0.25, 0.3) is 0 Å². The Morgan fingerprint density at radius 2 is 1.12 bits per heavy atom. The number of carbonyl (C=O) groups is 1. The van der Waals surface area contributed by atoms with Crippen molar-refractivity contribution < 1.29 is 32.8 Å². The lowest BCUT2D eigenvalue weighted by atomic mass is 10.0. The lowest BCUT2D eigenvalue weighted by molar-refractivity contribution is -0.153. The van der Waals surface area contributed by atoms with E-state index in [0.717, 1.165) is 57.8 Å². The first-order valence-corrected chi connectivity index (χ1v) is 21.0. The zero-order valence-electron chi connectivity index (χ0n) is 31.0. The average Bonchev–Trinajstić information content (AvgIpc) is 3.07. The van der Waals surface area contributed by atoms with E-state index in [1.807, 2.05) is 6.08 Å². The molecular weight excluding hydrogens is 625 g/mol. The van der Waals surface area contributed by atoms with Gasteiger partial charge < -0.3 is 20.1 Å². The molecule has 3 N–H and O–H groups in total. The molecule has 9 heteroatoms. The minimum absolute atomic E-state index is 0.0275. The summed E-state index contributed by atoms with van der Waals surface area (Å²) in [5.41, 5.74) is 5.35. The molecule has 2 unspecified atom stereocenters. The maximum absolute atomic E-state index is 12.5. The molecule has 0 spiro atoms. The highest BCUT2D eigenvalue weighted by Gasteiger charge is 2.25. The zero-order chi connectivity index (χ0) is 35.2. The summed E-state index contributed by atoms with van der Waals surface area (Å²) in [7, 11) is -4.29. The largest absolute Gasteiger partial charge is 0.498 e. The standard InChI is InChI=1S/C39H74NO7P/c1-3-5-7-9-11-13-15-17-19-20-22-24-26-28-30-32-39(41)47-38(37-46-48(42,43)45-35-33-40)36-44-34-31-29-27-25-23-21-18-16-14-12-10-8-6-4-2/h11,13,17,19,31,34,38H,3-10,12,14-16,18,20-30,32-33,35-37,40H2,1-2H3,(H,42,43)/b13-11-,19-17-,34-31-. The molecule has 48 heavy (non-hydrogen) atoms. The van der Waals surface area contributed by atoms with Gasteiger partial charge in [-0.2, -0.15) is 0 Å². The number of phosphoric acid groups is 1. The Morgan fingerprint density at radius 1 is 0.646 bits per heavy atom. The summed E-state index contributed by atoms with van der Waals surface area (Å²) in [6.45, 7) is 4.19. The minimum Gasteiger partial charge on any atom is -0.498 e. The summed E-state index contributed by atoms with van der Waals surface area (Å²) >= 11 is 0. The van der Waals surface area contributed by atoms with Crippen LogP contribution in [0, 0.1) is 0 Å². The molecule has 0 bridgehead atoms. The first kappa shape index (κ1) is 46.6. The van der Waals surface area contributed by atoms with E-state index in [4.69, 9.17) is 24.3 Å². The highest BCUT2D eigenvalue weighted by molar-refractivity contribution is 7.47. The van der Waals surface area contributed by atoms with Crippen LogP contribution in [0.3, 0.4) is 0 Å². The SMILES string of the molecule is CCCCC/C=C\C/C=C\CCCCCCCC(=O)OC(CO/C=C\CCCCCCCCCCCCCC)COP(=O)(O)OCCN. The summed E-state index contributed by atoms with van der Waals surface area (Å²) in [6.07, 6.45) is 41.0. The Labute approximate surface area is 295 Å².